The van der Waals surface area contributed by atoms with E-state index in [1.807, 2.05) is 32.0 Å². The molecule has 0 aliphatic carbocycles. The molecule has 0 aliphatic heterocycles. The van der Waals surface area contributed by atoms with Gasteiger partial charge >= 0.3 is 0 Å². The van der Waals surface area contributed by atoms with Gasteiger partial charge in [-0.05, 0) is 38.5 Å². The van der Waals surface area contributed by atoms with Crippen LogP contribution in [0.4, 0.5) is 10.7 Å². The van der Waals surface area contributed by atoms with Crippen LogP contribution in [0.5, 0.6) is 0 Å². The van der Waals surface area contributed by atoms with Crippen molar-refractivity contribution in [2.75, 3.05) is 11.1 Å². The second kappa shape index (κ2) is 6.62. The topological polar surface area (TPSA) is 84.2 Å². The quantitative estimate of drug-likeness (QED) is 0.810. The zero-order valence-corrected chi connectivity index (χ0v) is 13.6. The molecule has 0 atom stereocenters. The van der Waals surface area contributed by atoms with Crippen molar-refractivity contribution < 1.29 is 9.59 Å². The maximum absolute atomic E-state index is 12.4. The molecule has 1 heterocycles. The van der Waals surface area contributed by atoms with Crippen LogP contribution in [0, 0.1) is 6.92 Å². The Labute approximate surface area is 133 Å². The second-order valence-electron chi connectivity index (χ2n) is 5.24. The third-order valence-corrected chi connectivity index (χ3v) is 4.18. The summed E-state index contributed by atoms with van der Waals surface area (Å²) in [6.45, 7) is 5.49. The number of hydrogen-bond donors (Lipinski definition) is 3. The lowest BCUT2D eigenvalue weighted by atomic mass is 10.1. The summed E-state index contributed by atoms with van der Waals surface area (Å²) in [6.07, 6.45) is 0. The van der Waals surface area contributed by atoms with Gasteiger partial charge < -0.3 is 16.4 Å². The number of nitrogen functional groups attached to an aromatic ring is 1. The number of hydrogen-bond acceptors (Lipinski definition) is 4. The molecule has 2 aromatic rings. The molecule has 0 fully saturated rings. The van der Waals surface area contributed by atoms with E-state index in [9.17, 15) is 9.59 Å². The summed E-state index contributed by atoms with van der Waals surface area (Å²) in [4.78, 5) is 25.0. The van der Waals surface area contributed by atoms with Crippen molar-refractivity contribution in [3.05, 3.63) is 46.3 Å². The highest BCUT2D eigenvalue weighted by molar-refractivity contribution is 7.18. The molecule has 4 N–H and O–H groups in total. The number of benzene rings is 1. The Morgan fingerprint density at radius 1 is 1.14 bits per heavy atom. The number of nitrogens with two attached hydrogens (primary N) is 1. The molecule has 0 spiro atoms. The largest absolute Gasteiger partial charge is 0.390 e. The summed E-state index contributed by atoms with van der Waals surface area (Å²) in [5.41, 5.74) is 7.62. The van der Waals surface area contributed by atoms with Crippen LogP contribution in [0.1, 0.15) is 39.4 Å². The third-order valence-electron chi connectivity index (χ3n) is 3.06. The number of anilines is 2. The standard InChI is InChI=1S/C16H19N3O2S/c1-9(2)18-15(20)12-10(3)13(22-14(12)17)16(21)19-11-7-5-4-6-8-11/h4-9H,17H2,1-3H3,(H,18,20)(H,19,21). The molecule has 1 aromatic carbocycles. The Morgan fingerprint density at radius 2 is 1.77 bits per heavy atom. The molecule has 22 heavy (non-hydrogen) atoms. The maximum Gasteiger partial charge on any atom is 0.266 e. The molecule has 0 unspecified atom stereocenters. The predicted molar refractivity (Wildman–Crippen MR) is 90.5 cm³/mol. The summed E-state index contributed by atoms with van der Waals surface area (Å²) in [6, 6.07) is 9.17. The minimum absolute atomic E-state index is 0.00722. The van der Waals surface area contributed by atoms with Crippen molar-refractivity contribution in [3.63, 3.8) is 0 Å². The summed E-state index contributed by atoms with van der Waals surface area (Å²) >= 11 is 1.13. The number of para-hydroxylation sites is 1. The van der Waals surface area contributed by atoms with Gasteiger partial charge in [0, 0.05) is 11.7 Å². The molecule has 0 saturated carbocycles. The number of thiophene rings is 1. The lowest BCUT2D eigenvalue weighted by Crippen LogP contribution is -2.30. The number of nitrogens with one attached hydrogen (secondary N) is 2. The molecule has 0 bridgehead atoms. The number of carbonyl (C=O) groups excluding carboxylic acids is 2. The van der Waals surface area contributed by atoms with Gasteiger partial charge in [-0.25, -0.2) is 0 Å². The van der Waals surface area contributed by atoms with Gasteiger partial charge in [0.15, 0.2) is 0 Å². The summed E-state index contributed by atoms with van der Waals surface area (Å²) in [7, 11) is 0. The fraction of sp³-hybridized carbons (Fsp3) is 0.250. The highest BCUT2D eigenvalue weighted by atomic mass is 32.1. The van der Waals surface area contributed by atoms with Crippen LogP contribution in [-0.2, 0) is 0 Å². The highest BCUT2D eigenvalue weighted by Gasteiger charge is 2.23. The average molecular weight is 317 g/mol. The Bertz CT molecular complexity index is 693. The predicted octanol–water partition coefficient (Wildman–Crippen LogP) is 3.03. The fourth-order valence-electron chi connectivity index (χ4n) is 2.08. The Hall–Kier alpha value is -2.34. The second-order valence-corrected chi connectivity index (χ2v) is 6.30. The van der Waals surface area contributed by atoms with Crippen molar-refractivity contribution in [2.45, 2.75) is 26.8 Å². The molecule has 2 rings (SSSR count). The van der Waals surface area contributed by atoms with Crippen LogP contribution < -0.4 is 16.4 Å². The first-order valence-electron chi connectivity index (χ1n) is 6.96. The van der Waals surface area contributed by atoms with Gasteiger partial charge in [-0.15, -0.1) is 11.3 Å². The monoisotopic (exact) mass is 317 g/mol. The first-order valence-corrected chi connectivity index (χ1v) is 7.78. The van der Waals surface area contributed by atoms with E-state index in [2.05, 4.69) is 10.6 Å². The van der Waals surface area contributed by atoms with Gasteiger partial charge in [0.05, 0.1) is 15.4 Å². The van der Waals surface area contributed by atoms with E-state index < -0.39 is 0 Å². The first-order chi connectivity index (χ1) is 10.4. The molecular formula is C16H19N3O2S. The number of amides is 2. The van der Waals surface area contributed by atoms with E-state index in [4.69, 9.17) is 5.73 Å². The minimum Gasteiger partial charge on any atom is -0.390 e. The van der Waals surface area contributed by atoms with Crippen LogP contribution in [0.25, 0.3) is 0 Å². The fourth-order valence-corrected chi connectivity index (χ4v) is 3.05. The zero-order valence-electron chi connectivity index (χ0n) is 12.8. The van der Waals surface area contributed by atoms with Crippen molar-refractivity contribution in [3.8, 4) is 0 Å². The highest BCUT2D eigenvalue weighted by Crippen LogP contribution is 2.31. The van der Waals surface area contributed by atoms with E-state index in [0.29, 0.717) is 26.7 Å². The molecule has 116 valence electrons. The Balaban J connectivity index is 2.26. The van der Waals surface area contributed by atoms with Crippen molar-refractivity contribution in [1.82, 2.24) is 5.32 Å². The SMILES string of the molecule is Cc1c(C(=O)Nc2ccccc2)sc(N)c1C(=O)NC(C)C. The van der Waals surface area contributed by atoms with E-state index in [1.54, 1.807) is 19.1 Å². The van der Waals surface area contributed by atoms with E-state index in [-0.39, 0.29) is 17.9 Å². The lowest BCUT2D eigenvalue weighted by Gasteiger charge is -2.09. The number of rotatable bonds is 4. The molecule has 0 aliphatic rings. The molecule has 2 amide bonds. The first kappa shape index (κ1) is 16.0. The minimum atomic E-state index is -0.260. The van der Waals surface area contributed by atoms with Gasteiger partial charge in [-0.2, -0.15) is 0 Å². The van der Waals surface area contributed by atoms with E-state index in [1.165, 1.54) is 0 Å². The zero-order chi connectivity index (χ0) is 16.3. The molecule has 1 aromatic heterocycles. The molecule has 0 radical (unpaired) electrons. The van der Waals surface area contributed by atoms with Crippen LogP contribution in [0.15, 0.2) is 30.3 Å². The van der Waals surface area contributed by atoms with Crippen molar-refractivity contribution >= 4 is 33.8 Å². The van der Waals surface area contributed by atoms with Crippen molar-refractivity contribution in [1.29, 1.82) is 0 Å². The van der Waals surface area contributed by atoms with Crippen LogP contribution in [0.3, 0.4) is 0 Å². The Kier molecular flexibility index (Phi) is 4.82. The Morgan fingerprint density at radius 3 is 2.36 bits per heavy atom. The molecule has 5 nitrogen and oxygen atoms in total. The van der Waals surface area contributed by atoms with Crippen molar-refractivity contribution in [2.24, 2.45) is 0 Å². The maximum atomic E-state index is 12.4. The summed E-state index contributed by atoms with van der Waals surface area (Å²) < 4.78 is 0. The van der Waals surface area contributed by atoms with Gasteiger partial charge in [0.25, 0.3) is 11.8 Å². The van der Waals surface area contributed by atoms with Gasteiger partial charge in [-0.1, -0.05) is 18.2 Å². The van der Waals surface area contributed by atoms with Crippen LogP contribution >= 0.6 is 11.3 Å². The van der Waals surface area contributed by atoms with Crippen LogP contribution in [0.2, 0.25) is 0 Å². The molecule has 6 heteroatoms. The summed E-state index contributed by atoms with van der Waals surface area (Å²) in [5.74, 6) is -0.510. The molecule has 0 saturated heterocycles. The smallest absolute Gasteiger partial charge is 0.266 e. The summed E-state index contributed by atoms with van der Waals surface area (Å²) in [5, 5.41) is 5.96. The molecular weight excluding hydrogens is 298 g/mol. The third kappa shape index (κ3) is 3.46. The lowest BCUT2D eigenvalue weighted by molar-refractivity contribution is 0.0944. The number of carbonyl (C=O) groups is 2. The normalized spacial score (nSPS) is 10.5. The van der Waals surface area contributed by atoms with Crippen LogP contribution in [-0.4, -0.2) is 17.9 Å². The van der Waals surface area contributed by atoms with E-state index in [0.717, 1.165) is 11.3 Å². The van der Waals surface area contributed by atoms with Gasteiger partial charge in [-0.3, -0.25) is 9.59 Å². The van der Waals surface area contributed by atoms with E-state index >= 15 is 0 Å². The average Bonchev–Trinajstić information content (AvgIpc) is 2.74. The van der Waals surface area contributed by atoms with Gasteiger partial charge in [0.2, 0.25) is 0 Å². The van der Waals surface area contributed by atoms with Gasteiger partial charge in [0.1, 0.15) is 0 Å².